The SMILES string of the molecule is CCCCN(CCCC)CCCCCCCCc1ccc2ccccc2c1O. The van der Waals surface area contributed by atoms with Gasteiger partial charge in [-0.2, -0.15) is 0 Å². The molecule has 0 aromatic heterocycles. The number of unbranched alkanes of at least 4 members (excludes halogenated alkanes) is 7. The summed E-state index contributed by atoms with van der Waals surface area (Å²) in [5.41, 5.74) is 1.10. The number of aryl methyl sites for hydroxylation is 1. The van der Waals surface area contributed by atoms with E-state index in [2.05, 4.69) is 36.9 Å². The van der Waals surface area contributed by atoms with Crippen molar-refractivity contribution in [3.05, 3.63) is 42.0 Å². The van der Waals surface area contributed by atoms with Gasteiger partial charge in [0.05, 0.1) is 0 Å². The smallest absolute Gasteiger partial charge is 0.126 e. The van der Waals surface area contributed by atoms with E-state index in [1.54, 1.807) is 0 Å². The molecule has 0 aliphatic heterocycles. The number of phenols is 1. The van der Waals surface area contributed by atoms with Gasteiger partial charge in [-0.3, -0.25) is 0 Å². The summed E-state index contributed by atoms with van der Waals surface area (Å²) in [5.74, 6) is 0.484. The largest absolute Gasteiger partial charge is 0.507 e. The quantitative estimate of drug-likeness (QED) is 0.325. The highest BCUT2D eigenvalue weighted by molar-refractivity contribution is 5.89. The van der Waals surface area contributed by atoms with Gasteiger partial charge < -0.3 is 10.0 Å². The van der Waals surface area contributed by atoms with Crippen LogP contribution in [0, 0.1) is 0 Å². The van der Waals surface area contributed by atoms with Crippen LogP contribution in [-0.4, -0.2) is 29.6 Å². The summed E-state index contributed by atoms with van der Waals surface area (Å²) in [6.07, 6.45) is 14.1. The second-order valence-electron chi connectivity index (χ2n) is 8.21. The summed E-state index contributed by atoms with van der Waals surface area (Å²) in [7, 11) is 0. The Morgan fingerprint density at radius 3 is 2.00 bits per heavy atom. The molecule has 0 amide bonds. The van der Waals surface area contributed by atoms with Crippen molar-refractivity contribution in [2.75, 3.05) is 19.6 Å². The fraction of sp³-hybridized carbons (Fsp3) is 0.615. The number of aromatic hydroxyl groups is 1. The van der Waals surface area contributed by atoms with E-state index in [0.29, 0.717) is 5.75 Å². The molecule has 28 heavy (non-hydrogen) atoms. The van der Waals surface area contributed by atoms with Gasteiger partial charge in [0.1, 0.15) is 5.75 Å². The molecule has 0 heterocycles. The van der Waals surface area contributed by atoms with Gasteiger partial charge in [-0.25, -0.2) is 0 Å². The molecule has 156 valence electrons. The average Bonchev–Trinajstić information content (AvgIpc) is 2.73. The monoisotopic (exact) mass is 383 g/mol. The van der Waals surface area contributed by atoms with E-state index >= 15 is 0 Å². The van der Waals surface area contributed by atoms with Crippen LogP contribution in [0.1, 0.15) is 83.6 Å². The highest BCUT2D eigenvalue weighted by atomic mass is 16.3. The summed E-state index contributed by atoms with van der Waals surface area (Å²) in [6.45, 7) is 8.42. The zero-order chi connectivity index (χ0) is 20.0. The fourth-order valence-corrected chi connectivity index (χ4v) is 3.96. The number of rotatable bonds is 15. The minimum Gasteiger partial charge on any atom is -0.507 e. The van der Waals surface area contributed by atoms with Crippen LogP contribution >= 0.6 is 0 Å². The maximum absolute atomic E-state index is 10.5. The van der Waals surface area contributed by atoms with Crippen molar-refractivity contribution >= 4 is 10.8 Å². The zero-order valence-electron chi connectivity index (χ0n) is 18.3. The van der Waals surface area contributed by atoms with Crippen LogP contribution in [0.4, 0.5) is 0 Å². The number of phenolic OH excluding ortho intramolecular Hbond substituents is 1. The molecule has 0 atom stereocenters. The topological polar surface area (TPSA) is 23.5 Å². The standard InChI is InChI=1S/C26H41NO/c1-3-5-20-27(21-6-4-2)22-14-10-8-7-9-11-16-24-19-18-23-15-12-13-17-25(23)26(24)28/h12-13,15,17-19,28H,3-11,14,16,20-22H2,1-2H3. The minimum atomic E-state index is 0.484. The zero-order valence-corrected chi connectivity index (χ0v) is 18.3. The third kappa shape index (κ3) is 7.83. The molecular formula is C26H41NO. The molecule has 0 aliphatic rings. The summed E-state index contributed by atoms with van der Waals surface area (Å²) in [4.78, 5) is 2.68. The Kier molecular flexibility index (Phi) is 11.1. The lowest BCUT2D eigenvalue weighted by atomic mass is 10.0. The molecule has 0 saturated carbocycles. The van der Waals surface area contributed by atoms with Gasteiger partial charge in [0.25, 0.3) is 0 Å². The van der Waals surface area contributed by atoms with Crippen molar-refractivity contribution in [2.45, 2.75) is 84.5 Å². The summed E-state index contributed by atoms with van der Waals surface area (Å²) in [5, 5.41) is 12.6. The van der Waals surface area contributed by atoms with Crippen molar-refractivity contribution in [3.8, 4) is 5.75 Å². The first-order valence-electron chi connectivity index (χ1n) is 11.7. The van der Waals surface area contributed by atoms with E-state index in [1.165, 1.54) is 83.8 Å². The molecule has 0 unspecified atom stereocenters. The second kappa shape index (κ2) is 13.6. The molecular weight excluding hydrogens is 342 g/mol. The van der Waals surface area contributed by atoms with Crippen LogP contribution in [0.5, 0.6) is 5.75 Å². The highest BCUT2D eigenvalue weighted by Gasteiger charge is 2.06. The number of benzene rings is 2. The van der Waals surface area contributed by atoms with E-state index in [0.717, 1.165) is 22.8 Å². The lowest BCUT2D eigenvalue weighted by Gasteiger charge is -2.21. The summed E-state index contributed by atoms with van der Waals surface area (Å²) < 4.78 is 0. The predicted molar refractivity (Wildman–Crippen MR) is 123 cm³/mol. The first-order chi connectivity index (χ1) is 13.8. The minimum absolute atomic E-state index is 0.484. The van der Waals surface area contributed by atoms with Crippen LogP contribution in [0.15, 0.2) is 36.4 Å². The Balaban J connectivity index is 1.58. The van der Waals surface area contributed by atoms with Crippen LogP contribution < -0.4 is 0 Å². The normalized spacial score (nSPS) is 11.5. The van der Waals surface area contributed by atoms with Crippen molar-refractivity contribution in [3.63, 3.8) is 0 Å². The Labute approximate surface area is 173 Å². The Bertz CT molecular complexity index is 659. The van der Waals surface area contributed by atoms with Crippen LogP contribution in [-0.2, 0) is 6.42 Å². The molecule has 2 nitrogen and oxygen atoms in total. The second-order valence-corrected chi connectivity index (χ2v) is 8.21. The number of nitrogens with zero attached hydrogens (tertiary/aromatic N) is 1. The van der Waals surface area contributed by atoms with Crippen molar-refractivity contribution in [1.82, 2.24) is 4.90 Å². The van der Waals surface area contributed by atoms with E-state index < -0.39 is 0 Å². The molecule has 0 radical (unpaired) electrons. The average molecular weight is 384 g/mol. The molecule has 2 heteroatoms. The third-order valence-corrected chi connectivity index (χ3v) is 5.81. The van der Waals surface area contributed by atoms with Gasteiger partial charge in [0.2, 0.25) is 0 Å². The number of fused-ring (bicyclic) bond motifs is 1. The molecule has 2 aromatic carbocycles. The third-order valence-electron chi connectivity index (χ3n) is 5.81. The van der Waals surface area contributed by atoms with Crippen LogP contribution in [0.25, 0.3) is 10.8 Å². The lowest BCUT2D eigenvalue weighted by molar-refractivity contribution is 0.259. The molecule has 0 aliphatic carbocycles. The van der Waals surface area contributed by atoms with E-state index in [-0.39, 0.29) is 0 Å². The van der Waals surface area contributed by atoms with E-state index in [4.69, 9.17) is 0 Å². The molecule has 2 aromatic rings. The lowest BCUT2D eigenvalue weighted by Crippen LogP contribution is -2.27. The number of hydrogen-bond acceptors (Lipinski definition) is 2. The molecule has 0 saturated heterocycles. The Morgan fingerprint density at radius 1 is 0.679 bits per heavy atom. The Hall–Kier alpha value is -1.54. The Morgan fingerprint density at radius 2 is 1.29 bits per heavy atom. The van der Waals surface area contributed by atoms with Crippen molar-refractivity contribution in [2.24, 2.45) is 0 Å². The van der Waals surface area contributed by atoms with E-state index in [9.17, 15) is 5.11 Å². The first-order valence-corrected chi connectivity index (χ1v) is 11.7. The molecule has 0 fully saturated rings. The maximum Gasteiger partial charge on any atom is 0.126 e. The van der Waals surface area contributed by atoms with Crippen molar-refractivity contribution < 1.29 is 5.11 Å². The van der Waals surface area contributed by atoms with Gasteiger partial charge in [0, 0.05) is 5.39 Å². The van der Waals surface area contributed by atoms with Gasteiger partial charge in [-0.05, 0) is 62.7 Å². The highest BCUT2D eigenvalue weighted by Crippen LogP contribution is 2.29. The first kappa shape index (κ1) is 22.7. The number of hydrogen-bond donors (Lipinski definition) is 1. The van der Waals surface area contributed by atoms with Gasteiger partial charge in [-0.15, -0.1) is 0 Å². The van der Waals surface area contributed by atoms with Gasteiger partial charge >= 0.3 is 0 Å². The van der Waals surface area contributed by atoms with E-state index in [1.807, 2.05) is 18.2 Å². The summed E-state index contributed by atoms with van der Waals surface area (Å²) >= 11 is 0. The molecule has 0 bridgehead atoms. The maximum atomic E-state index is 10.5. The van der Waals surface area contributed by atoms with Gasteiger partial charge in [-0.1, -0.05) is 88.8 Å². The molecule has 0 spiro atoms. The summed E-state index contributed by atoms with van der Waals surface area (Å²) in [6, 6.07) is 12.3. The molecule has 1 N–H and O–H groups in total. The molecule has 2 rings (SSSR count). The van der Waals surface area contributed by atoms with Gasteiger partial charge in [0.15, 0.2) is 0 Å². The van der Waals surface area contributed by atoms with Crippen molar-refractivity contribution in [1.29, 1.82) is 0 Å². The predicted octanol–water partition coefficient (Wildman–Crippen LogP) is 7.33. The van der Waals surface area contributed by atoms with Crippen LogP contribution in [0.3, 0.4) is 0 Å². The fourth-order valence-electron chi connectivity index (χ4n) is 3.96. The van der Waals surface area contributed by atoms with Crippen LogP contribution in [0.2, 0.25) is 0 Å².